The van der Waals surface area contributed by atoms with Crippen LogP contribution in [0, 0.1) is 5.82 Å². The molecule has 0 aliphatic carbocycles. The Hall–Kier alpha value is -1.41. The maximum Gasteiger partial charge on any atom is 0.262 e. The Morgan fingerprint density at radius 1 is 1.41 bits per heavy atom. The highest BCUT2D eigenvalue weighted by Gasteiger charge is 2.16. The summed E-state index contributed by atoms with van der Waals surface area (Å²) < 4.78 is 39.1. The highest BCUT2D eigenvalue weighted by Crippen LogP contribution is 2.21. The molecule has 90 valence electrons. The number of sulfonamides is 1. The molecule has 1 heterocycles. The van der Waals surface area contributed by atoms with E-state index in [1.165, 1.54) is 24.5 Å². The van der Waals surface area contributed by atoms with Gasteiger partial charge in [0, 0.05) is 6.20 Å². The van der Waals surface area contributed by atoms with Crippen molar-refractivity contribution in [1.29, 1.82) is 0 Å². The predicted octanol–water partition coefficient (Wildman–Crippen LogP) is 2.11. The predicted molar refractivity (Wildman–Crippen MR) is 63.5 cm³/mol. The van der Waals surface area contributed by atoms with E-state index in [-0.39, 0.29) is 9.37 Å². The number of rotatable bonds is 3. The third kappa shape index (κ3) is 2.64. The van der Waals surface area contributed by atoms with E-state index in [2.05, 4.69) is 30.8 Å². The molecular weight excluding hydrogens is 313 g/mol. The lowest BCUT2D eigenvalue weighted by Crippen LogP contribution is -2.12. The number of aromatic nitrogens is 2. The van der Waals surface area contributed by atoms with E-state index in [0.717, 1.165) is 6.07 Å². The van der Waals surface area contributed by atoms with Crippen LogP contribution in [-0.4, -0.2) is 18.6 Å². The van der Waals surface area contributed by atoms with Gasteiger partial charge in [0.15, 0.2) is 0 Å². The summed E-state index contributed by atoms with van der Waals surface area (Å²) in [7, 11) is -3.73. The van der Waals surface area contributed by atoms with E-state index >= 15 is 0 Å². The van der Waals surface area contributed by atoms with Crippen molar-refractivity contribution in [3.05, 3.63) is 40.9 Å². The Balaban J connectivity index is 2.35. The molecular formula is C9H7BrFN3O2S. The molecule has 0 fully saturated rings. The second-order valence-electron chi connectivity index (χ2n) is 3.17. The van der Waals surface area contributed by atoms with Gasteiger partial charge < -0.3 is 0 Å². The van der Waals surface area contributed by atoms with Crippen LogP contribution >= 0.6 is 15.9 Å². The summed E-state index contributed by atoms with van der Waals surface area (Å²) in [4.78, 5) is -0.0352. The van der Waals surface area contributed by atoms with Crippen LogP contribution in [0.15, 0.2) is 40.0 Å². The summed E-state index contributed by atoms with van der Waals surface area (Å²) in [6, 6.07) is 3.45. The quantitative estimate of drug-likeness (QED) is 0.909. The number of hydrogen-bond donors (Lipinski definition) is 2. The van der Waals surface area contributed by atoms with Gasteiger partial charge in [-0.25, -0.2) is 12.8 Å². The summed E-state index contributed by atoms with van der Waals surface area (Å²) in [5.41, 5.74) is 0.311. The molecule has 0 bridgehead atoms. The lowest BCUT2D eigenvalue weighted by atomic mass is 10.3. The highest BCUT2D eigenvalue weighted by atomic mass is 79.9. The van der Waals surface area contributed by atoms with Crippen molar-refractivity contribution < 1.29 is 12.8 Å². The number of hydrogen-bond acceptors (Lipinski definition) is 3. The molecule has 0 saturated heterocycles. The average molecular weight is 320 g/mol. The third-order valence-electron chi connectivity index (χ3n) is 1.95. The summed E-state index contributed by atoms with van der Waals surface area (Å²) in [6.07, 6.45) is 2.73. The van der Waals surface area contributed by atoms with Crippen LogP contribution in [0.25, 0.3) is 0 Å². The van der Waals surface area contributed by atoms with Crippen molar-refractivity contribution in [3.63, 3.8) is 0 Å². The van der Waals surface area contributed by atoms with Crippen molar-refractivity contribution in [2.24, 2.45) is 0 Å². The van der Waals surface area contributed by atoms with Gasteiger partial charge in [-0.05, 0) is 34.1 Å². The fraction of sp³-hybridized carbons (Fsp3) is 0. The van der Waals surface area contributed by atoms with Gasteiger partial charge in [0.2, 0.25) is 0 Å². The van der Waals surface area contributed by atoms with Gasteiger partial charge in [-0.1, -0.05) is 0 Å². The molecule has 17 heavy (non-hydrogen) atoms. The molecule has 2 aromatic rings. The highest BCUT2D eigenvalue weighted by molar-refractivity contribution is 9.10. The first-order valence-electron chi connectivity index (χ1n) is 4.46. The topological polar surface area (TPSA) is 74.8 Å². The van der Waals surface area contributed by atoms with Crippen LogP contribution < -0.4 is 4.72 Å². The zero-order valence-electron chi connectivity index (χ0n) is 8.31. The normalized spacial score (nSPS) is 11.4. The van der Waals surface area contributed by atoms with Gasteiger partial charge in [-0.3, -0.25) is 9.82 Å². The molecule has 2 N–H and O–H groups in total. The fourth-order valence-electron chi connectivity index (χ4n) is 1.16. The van der Waals surface area contributed by atoms with E-state index in [9.17, 15) is 12.8 Å². The van der Waals surface area contributed by atoms with Crippen molar-refractivity contribution >= 4 is 31.6 Å². The van der Waals surface area contributed by atoms with Crippen LogP contribution in [0.4, 0.5) is 10.1 Å². The van der Waals surface area contributed by atoms with E-state index in [1.807, 2.05) is 0 Å². The first-order valence-corrected chi connectivity index (χ1v) is 6.73. The Morgan fingerprint density at radius 2 is 2.18 bits per heavy atom. The van der Waals surface area contributed by atoms with Gasteiger partial charge in [0.1, 0.15) is 5.82 Å². The molecule has 0 radical (unpaired) electrons. The van der Waals surface area contributed by atoms with Crippen molar-refractivity contribution in [3.8, 4) is 0 Å². The molecule has 2 rings (SSSR count). The number of halogens is 2. The number of benzene rings is 1. The standard InChI is InChI=1S/C9H7BrFN3O2S/c10-8-3-7(1-2-9(8)11)17(15,16)14-6-4-12-13-5-6/h1-5,14H,(H,12,13). The number of anilines is 1. The van der Waals surface area contributed by atoms with Gasteiger partial charge >= 0.3 is 0 Å². The SMILES string of the molecule is O=S(=O)(Nc1cn[nH]c1)c1ccc(F)c(Br)c1. The lowest BCUT2D eigenvalue weighted by Gasteiger charge is -2.06. The van der Waals surface area contributed by atoms with Crippen LogP contribution in [0.3, 0.4) is 0 Å². The molecule has 0 spiro atoms. The minimum Gasteiger partial charge on any atom is -0.284 e. The first kappa shape index (κ1) is 12.1. The molecule has 1 aromatic carbocycles. The number of H-pyrrole nitrogens is 1. The summed E-state index contributed by atoms with van der Waals surface area (Å²) in [5, 5.41) is 6.09. The van der Waals surface area contributed by atoms with E-state index in [0.29, 0.717) is 5.69 Å². The minimum atomic E-state index is -3.73. The third-order valence-corrected chi connectivity index (χ3v) is 3.94. The maximum atomic E-state index is 13.0. The second-order valence-corrected chi connectivity index (χ2v) is 5.71. The minimum absolute atomic E-state index is 0.0352. The number of nitrogens with zero attached hydrogens (tertiary/aromatic N) is 1. The number of nitrogens with one attached hydrogen (secondary N) is 2. The largest absolute Gasteiger partial charge is 0.284 e. The molecule has 0 amide bonds. The molecule has 0 saturated carbocycles. The molecule has 0 atom stereocenters. The lowest BCUT2D eigenvalue weighted by molar-refractivity contribution is 0.599. The van der Waals surface area contributed by atoms with Gasteiger partial charge in [-0.15, -0.1) is 0 Å². The Bertz CT molecular complexity index is 628. The van der Waals surface area contributed by atoms with E-state index in [4.69, 9.17) is 0 Å². The maximum absolute atomic E-state index is 13.0. The molecule has 5 nitrogen and oxygen atoms in total. The van der Waals surface area contributed by atoms with Gasteiger partial charge in [-0.2, -0.15) is 5.10 Å². The molecule has 0 aliphatic rings. The molecule has 8 heteroatoms. The van der Waals surface area contributed by atoms with Crippen LogP contribution in [0.2, 0.25) is 0 Å². The summed E-state index contributed by atoms with van der Waals surface area (Å²) in [6.45, 7) is 0. The second kappa shape index (κ2) is 4.46. The number of aromatic amines is 1. The zero-order valence-corrected chi connectivity index (χ0v) is 10.7. The van der Waals surface area contributed by atoms with Gasteiger partial charge in [0.05, 0.1) is 21.3 Å². The van der Waals surface area contributed by atoms with Crippen molar-refractivity contribution in [1.82, 2.24) is 10.2 Å². The van der Waals surface area contributed by atoms with Gasteiger partial charge in [0.25, 0.3) is 10.0 Å². The molecule has 0 unspecified atom stereocenters. The Labute approximate surface area is 105 Å². The first-order chi connectivity index (χ1) is 7.99. The smallest absolute Gasteiger partial charge is 0.262 e. The Kier molecular flexibility index (Phi) is 3.16. The Morgan fingerprint density at radius 3 is 2.76 bits per heavy atom. The zero-order chi connectivity index (χ0) is 12.5. The van der Waals surface area contributed by atoms with Crippen LogP contribution in [-0.2, 0) is 10.0 Å². The van der Waals surface area contributed by atoms with Crippen molar-refractivity contribution in [2.45, 2.75) is 4.90 Å². The molecule has 0 aliphatic heterocycles. The monoisotopic (exact) mass is 319 g/mol. The average Bonchev–Trinajstić information content (AvgIpc) is 2.73. The van der Waals surface area contributed by atoms with E-state index < -0.39 is 15.8 Å². The van der Waals surface area contributed by atoms with Crippen LogP contribution in [0.5, 0.6) is 0 Å². The summed E-state index contributed by atoms with van der Waals surface area (Å²) in [5.74, 6) is -0.521. The van der Waals surface area contributed by atoms with E-state index in [1.54, 1.807) is 0 Å². The van der Waals surface area contributed by atoms with Crippen molar-refractivity contribution in [2.75, 3.05) is 4.72 Å². The molecule has 1 aromatic heterocycles. The van der Waals surface area contributed by atoms with Crippen LogP contribution in [0.1, 0.15) is 0 Å². The fourth-order valence-corrected chi connectivity index (χ4v) is 2.76. The summed E-state index contributed by atoms with van der Waals surface area (Å²) >= 11 is 2.93.